The zero-order valence-electron chi connectivity index (χ0n) is 19.0. The second-order valence-corrected chi connectivity index (χ2v) is 8.66. The molecule has 3 aromatic carbocycles. The number of halogens is 1. The zero-order chi connectivity index (χ0) is 27.4. The number of imide groups is 1. The van der Waals surface area contributed by atoms with E-state index in [0.29, 0.717) is 23.0 Å². The normalized spacial score (nSPS) is 14.0. The van der Waals surface area contributed by atoms with Crippen molar-refractivity contribution in [2.24, 2.45) is 0 Å². The second-order valence-electron chi connectivity index (χ2n) is 7.66. The number of rotatable bonds is 8. The zero-order valence-corrected chi connectivity index (χ0v) is 19.8. The summed E-state index contributed by atoms with van der Waals surface area (Å²) < 4.78 is 18.6. The van der Waals surface area contributed by atoms with Crippen molar-refractivity contribution in [3.05, 3.63) is 103 Å². The number of carbonyl (C=O) groups is 3. The maximum absolute atomic E-state index is 13.0. The molecule has 3 amide bonds. The van der Waals surface area contributed by atoms with Crippen LogP contribution in [-0.2, 0) is 9.59 Å². The minimum atomic E-state index is -0.811. The van der Waals surface area contributed by atoms with Crippen LogP contribution in [-0.4, -0.2) is 38.3 Å². The fourth-order valence-corrected chi connectivity index (χ4v) is 4.15. The van der Waals surface area contributed by atoms with Crippen LogP contribution in [0.5, 0.6) is 11.5 Å². The van der Waals surface area contributed by atoms with Gasteiger partial charge in [0.1, 0.15) is 18.1 Å². The average Bonchev–Trinajstić information content (AvgIpc) is 3.12. The smallest absolute Gasteiger partial charge is 0.318 e. The predicted molar refractivity (Wildman–Crippen MR) is 134 cm³/mol. The van der Waals surface area contributed by atoms with E-state index in [9.17, 15) is 39.0 Å². The summed E-state index contributed by atoms with van der Waals surface area (Å²) in [6.45, 7) is -0.549. The number of anilines is 1. The third-order valence-electron chi connectivity index (χ3n) is 5.04. The highest BCUT2D eigenvalue weighted by Gasteiger charge is 2.36. The van der Waals surface area contributed by atoms with Crippen molar-refractivity contribution in [2.45, 2.75) is 0 Å². The van der Waals surface area contributed by atoms with Crippen molar-refractivity contribution in [1.29, 1.82) is 0 Å². The number of thioether (sulfide) groups is 1. The Morgan fingerprint density at radius 2 is 1.76 bits per heavy atom. The minimum Gasteiger partial charge on any atom is -0.450 e. The standard InChI is InChI=1S/C24H15FN4O8S/c25-15-4-6-16(7-5-15)26-22(30)13-27-23(31)21(38-24(27)32)11-14-2-1-3-18(10-14)37-20-9-8-17(28(33)34)12-19(20)29(35)36/h1-12H,13H2,(H,26,30)/b21-11+. The van der Waals surface area contributed by atoms with Gasteiger partial charge in [0, 0.05) is 11.8 Å². The van der Waals surface area contributed by atoms with Gasteiger partial charge in [-0.25, -0.2) is 4.39 Å². The summed E-state index contributed by atoms with van der Waals surface area (Å²) in [4.78, 5) is 58.9. The minimum absolute atomic E-state index is 0.0306. The van der Waals surface area contributed by atoms with Gasteiger partial charge in [0.25, 0.3) is 16.8 Å². The first kappa shape index (κ1) is 26.0. The maximum Gasteiger partial charge on any atom is 0.318 e. The molecule has 0 spiro atoms. The molecule has 0 aliphatic carbocycles. The Bertz CT molecular complexity index is 1510. The Hall–Kier alpha value is -5.11. The van der Waals surface area contributed by atoms with E-state index in [4.69, 9.17) is 4.74 Å². The summed E-state index contributed by atoms with van der Waals surface area (Å²) in [6.07, 6.45) is 1.39. The highest BCUT2D eigenvalue weighted by molar-refractivity contribution is 8.18. The third kappa shape index (κ3) is 5.99. The van der Waals surface area contributed by atoms with Crippen LogP contribution in [0.4, 0.5) is 26.2 Å². The number of nitro benzene ring substituents is 2. The van der Waals surface area contributed by atoms with Gasteiger partial charge >= 0.3 is 5.69 Å². The van der Waals surface area contributed by atoms with Crippen molar-refractivity contribution in [1.82, 2.24) is 4.90 Å². The lowest BCUT2D eigenvalue weighted by molar-refractivity contribution is -0.394. The lowest BCUT2D eigenvalue weighted by Crippen LogP contribution is -2.36. The predicted octanol–water partition coefficient (Wildman–Crippen LogP) is 5.11. The van der Waals surface area contributed by atoms with Gasteiger partial charge in [-0.3, -0.25) is 39.5 Å². The van der Waals surface area contributed by atoms with Crippen LogP contribution in [0.25, 0.3) is 6.08 Å². The van der Waals surface area contributed by atoms with Crippen LogP contribution in [0.3, 0.4) is 0 Å². The molecule has 0 radical (unpaired) electrons. The first-order valence-electron chi connectivity index (χ1n) is 10.6. The fraction of sp³-hybridized carbons (Fsp3) is 0.0417. The van der Waals surface area contributed by atoms with Crippen LogP contribution >= 0.6 is 11.8 Å². The first-order valence-corrected chi connectivity index (χ1v) is 11.4. The summed E-state index contributed by atoms with van der Waals surface area (Å²) in [5.74, 6) is -1.94. The Balaban J connectivity index is 1.48. The molecule has 0 unspecified atom stereocenters. The molecular formula is C24H15FN4O8S. The Kier molecular flexibility index (Phi) is 7.43. The molecule has 3 aromatic rings. The lowest BCUT2D eigenvalue weighted by atomic mass is 10.2. The maximum atomic E-state index is 13.0. The van der Waals surface area contributed by atoms with Crippen molar-refractivity contribution in [2.75, 3.05) is 11.9 Å². The number of nitrogens with one attached hydrogen (secondary N) is 1. The summed E-state index contributed by atoms with van der Waals surface area (Å²) in [5, 5.41) is 24.1. The van der Waals surface area contributed by atoms with Gasteiger partial charge in [0.2, 0.25) is 11.7 Å². The largest absolute Gasteiger partial charge is 0.450 e. The summed E-state index contributed by atoms with van der Waals surface area (Å²) in [5.41, 5.74) is -0.373. The van der Waals surface area contributed by atoms with E-state index in [-0.39, 0.29) is 16.4 Å². The van der Waals surface area contributed by atoms with E-state index in [0.717, 1.165) is 35.2 Å². The number of nitrogens with zero attached hydrogens (tertiary/aromatic N) is 3. The molecule has 1 saturated heterocycles. The monoisotopic (exact) mass is 538 g/mol. The molecule has 1 aliphatic rings. The van der Waals surface area contributed by atoms with Gasteiger partial charge in [0.15, 0.2) is 0 Å². The van der Waals surface area contributed by atoms with Crippen molar-refractivity contribution < 1.29 is 33.4 Å². The molecule has 1 N–H and O–H groups in total. The molecule has 12 nitrogen and oxygen atoms in total. The number of hydrogen-bond donors (Lipinski definition) is 1. The first-order chi connectivity index (χ1) is 18.1. The summed E-state index contributed by atoms with van der Waals surface area (Å²) in [7, 11) is 0. The van der Waals surface area contributed by atoms with E-state index in [1.54, 1.807) is 12.1 Å². The van der Waals surface area contributed by atoms with Crippen molar-refractivity contribution in [3.63, 3.8) is 0 Å². The number of carbonyl (C=O) groups excluding carboxylic acids is 3. The molecule has 4 rings (SSSR count). The van der Waals surface area contributed by atoms with Crippen LogP contribution in [0.15, 0.2) is 71.6 Å². The number of nitro groups is 2. The number of ether oxygens (including phenoxy) is 1. The number of benzene rings is 3. The Morgan fingerprint density at radius 1 is 1.03 bits per heavy atom. The quantitative estimate of drug-likeness (QED) is 0.233. The van der Waals surface area contributed by atoms with Gasteiger partial charge < -0.3 is 10.1 Å². The van der Waals surface area contributed by atoms with Crippen LogP contribution < -0.4 is 10.1 Å². The summed E-state index contributed by atoms with van der Waals surface area (Å²) >= 11 is 0.622. The van der Waals surface area contributed by atoms with Gasteiger partial charge in [-0.2, -0.15) is 0 Å². The topological polar surface area (TPSA) is 162 Å². The fourth-order valence-electron chi connectivity index (χ4n) is 3.31. The van der Waals surface area contributed by atoms with Crippen molar-refractivity contribution in [3.8, 4) is 11.5 Å². The Labute approximate surface area is 217 Å². The van der Waals surface area contributed by atoms with E-state index in [2.05, 4.69) is 5.32 Å². The van der Waals surface area contributed by atoms with Crippen LogP contribution in [0, 0.1) is 26.0 Å². The van der Waals surface area contributed by atoms with E-state index in [1.165, 1.54) is 30.3 Å². The van der Waals surface area contributed by atoms with Crippen LogP contribution in [0.2, 0.25) is 0 Å². The second kappa shape index (κ2) is 10.9. The highest BCUT2D eigenvalue weighted by atomic mass is 32.2. The van der Waals surface area contributed by atoms with E-state index < -0.39 is 50.6 Å². The molecule has 1 heterocycles. The SMILES string of the molecule is O=C(CN1C(=O)S/C(=C/c2cccc(Oc3ccc([N+](=O)[O-])cc3[N+](=O)[O-])c2)C1=O)Nc1ccc(F)cc1. The Morgan fingerprint density at radius 3 is 2.45 bits per heavy atom. The lowest BCUT2D eigenvalue weighted by Gasteiger charge is -2.12. The molecule has 0 bridgehead atoms. The third-order valence-corrected chi connectivity index (χ3v) is 5.94. The molecule has 38 heavy (non-hydrogen) atoms. The molecule has 0 atom stereocenters. The number of non-ortho nitro benzene ring substituents is 1. The van der Waals surface area contributed by atoms with E-state index >= 15 is 0 Å². The molecule has 14 heteroatoms. The van der Waals surface area contributed by atoms with Crippen LogP contribution in [0.1, 0.15) is 5.56 Å². The molecular weight excluding hydrogens is 523 g/mol. The number of amides is 3. The van der Waals surface area contributed by atoms with Gasteiger partial charge in [-0.05, 0) is 65.9 Å². The highest BCUT2D eigenvalue weighted by Crippen LogP contribution is 2.36. The average molecular weight is 538 g/mol. The van der Waals surface area contributed by atoms with Gasteiger partial charge in [-0.15, -0.1) is 0 Å². The van der Waals surface area contributed by atoms with Gasteiger partial charge in [-0.1, -0.05) is 12.1 Å². The molecule has 192 valence electrons. The molecule has 0 aromatic heterocycles. The molecule has 1 aliphatic heterocycles. The van der Waals surface area contributed by atoms with E-state index in [1.807, 2.05) is 0 Å². The molecule has 0 saturated carbocycles. The summed E-state index contributed by atoms with van der Waals surface area (Å²) in [6, 6.07) is 14.0. The number of hydrogen-bond acceptors (Lipinski definition) is 9. The van der Waals surface area contributed by atoms with Crippen molar-refractivity contribution >= 4 is 52.0 Å². The van der Waals surface area contributed by atoms with Gasteiger partial charge in [0.05, 0.1) is 20.8 Å². The molecule has 1 fully saturated rings.